The summed E-state index contributed by atoms with van der Waals surface area (Å²) in [7, 11) is 0. The largest absolute Gasteiger partial charge is 0.378 e. The quantitative estimate of drug-likeness (QED) is 0.888. The molecule has 1 atom stereocenters. The second-order valence-corrected chi connectivity index (χ2v) is 6.42. The number of anilines is 1. The first-order valence-electron chi connectivity index (χ1n) is 8.58. The first-order valence-corrected chi connectivity index (χ1v) is 8.58. The molecule has 136 valence electrons. The zero-order chi connectivity index (χ0) is 18.3. The molecule has 4 rings (SSSR count). The average Bonchev–Trinajstić information content (AvgIpc) is 3.01. The van der Waals surface area contributed by atoms with Crippen LogP contribution in [0.5, 0.6) is 0 Å². The van der Waals surface area contributed by atoms with Crippen LogP contribution in [-0.2, 0) is 9.53 Å². The average molecular weight is 357 g/mol. The minimum absolute atomic E-state index is 0.134. The van der Waals surface area contributed by atoms with Gasteiger partial charge in [0.2, 0.25) is 5.95 Å². The fourth-order valence-corrected chi connectivity index (χ4v) is 3.46. The molecule has 1 fully saturated rings. The first-order chi connectivity index (χ1) is 12.6. The lowest BCUT2D eigenvalue weighted by atomic mass is 9.94. The Balaban J connectivity index is 1.84. The van der Waals surface area contributed by atoms with Gasteiger partial charge in [-0.1, -0.05) is 18.2 Å². The number of hydrogen-bond donors (Lipinski definition) is 1. The van der Waals surface area contributed by atoms with E-state index >= 15 is 0 Å². The number of rotatable bonds is 2. The zero-order valence-corrected chi connectivity index (χ0v) is 14.7. The summed E-state index contributed by atoms with van der Waals surface area (Å²) in [6.07, 6.45) is 0. The van der Waals surface area contributed by atoms with Crippen LogP contribution in [0.2, 0.25) is 0 Å². The number of morpholine rings is 1. The molecule has 0 spiro atoms. The summed E-state index contributed by atoms with van der Waals surface area (Å²) in [5.41, 5.74) is 1.54. The van der Waals surface area contributed by atoms with Crippen molar-refractivity contribution in [1.29, 1.82) is 0 Å². The smallest absolute Gasteiger partial charge is 0.254 e. The molecule has 1 aromatic heterocycles. The molecule has 1 N–H and O–H groups in total. The molecule has 26 heavy (non-hydrogen) atoms. The van der Waals surface area contributed by atoms with Crippen LogP contribution in [0.4, 0.5) is 10.3 Å². The Kier molecular flexibility index (Phi) is 4.20. The summed E-state index contributed by atoms with van der Waals surface area (Å²) >= 11 is 0. The number of carbonyl (C=O) groups is 1. The van der Waals surface area contributed by atoms with Gasteiger partial charge >= 0.3 is 0 Å². The molecule has 7 nitrogen and oxygen atoms in total. The van der Waals surface area contributed by atoms with Gasteiger partial charge in [0.1, 0.15) is 17.7 Å². The second kappa shape index (κ2) is 6.53. The van der Waals surface area contributed by atoms with Crippen molar-refractivity contribution in [1.82, 2.24) is 19.7 Å². The molecule has 0 aliphatic carbocycles. The topological polar surface area (TPSA) is 72.3 Å². The Morgan fingerprint density at radius 2 is 2.00 bits per heavy atom. The van der Waals surface area contributed by atoms with Gasteiger partial charge in [0, 0.05) is 24.4 Å². The number of aromatic nitrogens is 3. The van der Waals surface area contributed by atoms with E-state index in [4.69, 9.17) is 4.74 Å². The highest BCUT2D eigenvalue weighted by molar-refractivity contribution is 5.96. The van der Waals surface area contributed by atoms with E-state index in [0.29, 0.717) is 54.9 Å². The molecule has 0 bridgehead atoms. The number of ether oxygens (including phenoxy) is 1. The number of amides is 1. The maximum absolute atomic E-state index is 14.6. The van der Waals surface area contributed by atoms with Crippen LogP contribution < -0.4 is 5.32 Å². The highest BCUT2D eigenvalue weighted by Crippen LogP contribution is 2.37. The molecule has 3 heterocycles. The van der Waals surface area contributed by atoms with Crippen molar-refractivity contribution in [3.8, 4) is 0 Å². The van der Waals surface area contributed by atoms with Crippen LogP contribution in [0, 0.1) is 12.7 Å². The lowest BCUT2D eigenvalue weighted by Gasteiger charge is -2.33. The van der Waals surface area contributed by atoms with Crippen LogP contribution in [-0.4, -0.2) is 51.9 Å². The van der Waals surface area contributed by atoms with Gasteiger partial charge in [-0.25, -0.2) is 9.07 Å². The van der Waals surface area contributed by atoms with E-state index in [1.54, 1.807) is 34.7 Å². The molecule has 2 aliphatic heterocycles. The predicted molar refractivity (Wildman–Crippen MR) is 93.0 cm³/mol. The number of fused-ring (bicyclic) bond motifs is 1. The van der Waals surface area contributed by atoms with Crippen molar-refractivity contribution >= 4 is 11.9 Å². The molecule has 1 amide bonds. The fourth-order valence-electron chi connectivity index (χ4n) is 3.46. The molecule has 1 saturated heterocycles. The van der Waals surface area contributed by atoms with Crippen LogP contribution in [0.3, 0.4) is 0 Å². The summed E-state index contributed by atoms with van der Waals surface area (Å²) in [5.74, 6) is 0.553. The van der Waals surface area contributed by atoms with Gasteiger partial charge in [-0.05, 0) is 19.9 Å². The van der Waals surface area contributed by atoms with Crippen molar-refractivity contribution in [2.24, 2.45) is 0 Å². The van der Waals surface area contributed by atoms with E-state index in [2.05, 4.69) is 15.4 Å². The number of halogens is 1. The number of hydrogen-bond acceptors (Lipinski definition) is 5. The van der Waals surface area contributed by atoms with E-state index < -0.39 is 6.04 Å². The van der Waals surface area contributed by atoms with Crippen molar-refractivity contribution in [2.75, 3.05) is 31.6 Å². The Labute approximate surface area is 150 Å². The number of allylic oxidation sites excluding steroid dienone is 1. The normalized spacial score (nSPS) is 20.0. The maximum Gasteiger partial charge on any atom is 0.254 e. The zero-order valence-electron chi connectivity index (χ0n) is 14.7. The molecule has 0 radical (unpaired) electrons. The number of nitrogens with zero attached hydrogens (tertiary/aromatic N) is 4. The molecule has 2 aromatic rings. The Morgan fingerprint density at radius 3 is 2.73 bits per heavy atom. The molecular formula is C18H20FN5O2. The number of aryl methyl sites for hydroxylation is 1. The number of carbonyl (C=O) groups excluding carboxylic acids is 1. The second-order valence-electron chi connectivity index (χ2n) is 6.42. The summed E-state index contributed by atoms with van der Waals surface area (Å²) in [6.45, 7) is 5.62. The lowest BCUT2D eigenvalue weighted by Crippen LogP contribution is -2.44. The van der Waals surface area contributed by atoms with Gasteiger partial charge < -0.3 is 15.0 Å². The summed E-state index contributed by atoms with van der Waals surface area (Å²) < 4.78 is 21.6. The third kappa shape index (κ3) is 2.76. The minimum Gasteiger partial charge on any atom is -0.378 e. The van der Waals surface area contributed by atoms with E-state index in [9.17, 15) is 9.18 Å². The van der Waals surface area contributed by atoms with Crippen molar-refractivity contribution in [2.45, 2.75) is 19.9 Å². The molecule has 0 saturated carbocycles. The van der Waals surface area contributed by atoms with Crippen LogP contribution in [0.15, 0.2) is 35.5 Å². The molecule has 8 heteroatoms. The first kappa shape index (κ1) is 16.7. The monoisotopic (exact) mass is 357 g/mol. The van der Waals surface area contributed by atoms with Gasteiger partial charge in [0.15, 0.2) is 0 Å². The highest BCUT2D eigenvalue weighted by atomic mass is 19.1. The predicted octanol–water partition coefficient (Wildman–Crippen LogP) is 1.87. The summed E-state index contributed by atoms with van der Waals surface area (Å²) in [6, 6.07) is 5.81. The molecule has 0 unspecified atom stereocenters. The third-order valence-corrected chi connectivity index (χ3v) is 4.69. The van der Waals surface area contributed by atoms with Crippen molar-refractivity contribution in [3.05, 3.63) is 52.7 Å². The molecule has 1 aromatic carbocycles. The van der Waals surface area contributed by atoms with Gasteiger partial charge in [-0.3, -0.25) is 4.79 Å². The fraction of sp³-hybridized carbons (Fsp3) is 0.389. The summed E-state index contributed by atoms with van der Waals surface area (Å²) in [5, 5.41) is 7.55. The van der Waals surface area contributed by atoms with Gasteiger partial charge in [-0.15, -0.1) is 0 Å². The Morgan fingerprint density at radius 1 is 1.27 bits per heavy atom. The standard InChI is InChI=1S/C18H20FN5O2/c1-11-15(17(25)23-7-9-26-10-8-23)16(13-5-3-4-6-14(13)19)24-18(20-11)21-12(2)22-24/h3-6,16H,7-10H2,1-2H3,(H,20,21,22)/t16-/m0/s1. The van der Waals surface area contributed by atoms with E-state index in [-0.39, 0.29) is 11.7 Å². The van der Waals surface area contributed by atoms with Crippen LogP contribution >= 0.6 is 0 Å². The minimum atomic E-state index is -0.663. The van der Waals surface area contributed by atoms with E-state index in [0.717, 1.165) is 0 Å². The lowest BCUT2D eigenvalue weighted by molar-refractivity contribution is -0.131. The highest BCUT2D eigenvalue weighted by Gasteiger charge is 2.37. The van der Waals surface area contributed by atoms with Crippen molar-refractivity contribution in [3.63, 3.8) is 0 Å². The Hall–Kier alpha value is -2.74. The third-order valence-electron chi connectivity index (χ3n) is 4.69. The van der Waals surface area contributed by atoms with Gasteiger partial charge in [0.05, 0.1) is 18.8 Å². The van der Waals surface area contributed by atoms with E-state index in [1.165, 1.54) is 6.07 Å². The van der Waals surface area contributed by atoms with Crippen LogP contribution in [0.25, 0.3) is 0 Å². The number of benzene rings is 1. The summed E-state index contributed by atoms with van der Waals surface area (Å²) in [4.78, 5) is 19.4. The SMILES string of the molecule is CC1=C(C(=O)N2CCOCC2)[C@H](c2ccccc2F)n2nc(C)nc2N1. The van der Waals surface area contributed by atoms with Gasteiger partial charge in [-0.2, -0.15) is 10.1 Å². The maximum atomic E-state index is 14.6. The Bertz CT molecular complexity index is 885. The van der Waals surface area contributed by atoms with Gasteiger partial charge in [0.25, 0.3) is 5.91 Å². The van der Waals surface area contributed by atoms with Crippen LogP contribution in [0.1, 0.15) is 24.4 Å². The molecule has 2 aliphatic rings. The number of nitrogens with one attached hydrogen (secondary N) is 1. The van der Waals surface area contributed by atoms with E-state index in [1.807, 2.05) is 6.92 Å². The molecular weight excluding hydrogens is 337 g/mol. The van der Waals surface area contributed by atoms with Crippen molar-refractivity contribution < 1.29 is 13.9 Å².